The highest BCUT2D eigenvalue weighted by Crippen LogP contribution is 2.26. The number of alkyl halides is 3. The van der Waals surface area contributed by atoms with Crippen LogP contribution in [-0.2, 0) is 10.9 Å². The molecule has 2 aromatic rings. The van der Waals surface area contributed by atoms with Gasteiger partial charge in [0.25, 0.3) is 11.5 Å². The van der Waals surface area contributed by atoms with E-state index in [1.807, 2.05) is 0 Å². The van der Waals surface area contributed by atoms with E-state index in [0.29, 0.717) is 4.57 Å². The number of halogens is 4. The second-order valence-corrected chi connectivity index (χ2v) is 4.84. The number of aromatic nitrogens is 2. The van der Waals surface area contributed by atoms with Crippen molar-refractivity contribution >= 4 is 17.5 Å². The molecular weight excluding hydrogens is 355 g/mol. The molecule has 0 atom stereocenters. The second-order valence-electron chi connectivity index (χ2n) is 4.43. The normalized spacial score (nSPS) is 12.3. The maximum Gasteiger partial charge on any atom is 0.431 e. The first-order valence-electron chi connectivity index (χ1n) is 6.19. The predicted molar refractivity (Wildman–Crippen MR) is 78.0 cm³/mol. The highest BCUT2D eigenvalue weighted by Gasteiger charge is 2.33. The van der Waals surface area contributed by atoms with Gasteiger partial charge in [0.15, 0.2) is 0 Å². The summed E-state index contributed by atoms with van der Waals surface area (Å²) in [6.45, 7) is 0. The van der Waals surface area contributed by atoms with Crippen LogP contribution in [-0.4, -0.2) is 27.8 Å². The van der Waals surface area contributed by atoms with Crippen molar-refractivity contribution in [2.75, 3.05) is 7.11 Å². The van der Waals surface area contributed by atoms with E-state index in [-0.39, 0.29) is 28.2 Å². The molecular formula is C13H9ClF3N3O4. The summed E-state index contributed by atoms with van der Waals surface area (Å²) in [4.78, 5) is 25.4. The van der Waals surface area contributed by atoms with E-state index in [9.17, 15) is 22.8 Å². The second kappa shape index (κ2) is 6.40. The lowest BCUT2D eigenvalue weighted by atomic mass is 10.2. The van der Waals surface area contributed by atoms with Gasteiger partial charge in [-0.15, -0.1) is 0 Å². The molecule has 0 fully saturated rings. The van der Waals surface area contributed by atoms with Gasteiger partial charge >= 0.3 is 11.9 Å². The van der Waals surface area contributed by atoms with E-state index in [1.54, 1.807) is 4.98 Å². The SMILES string of the molecule is COC(=NO)c1cc(-n2c(=O)cc(C(F)(F)F)[nH]c2=O)ccc1Cl. The molecule has 24 heavy (non-hydrogen) atoms. The van der Waals surface area contributed by atoms with Crippen molar-refractivity contribution in [3.8, 4) is 5.69 Å². The monoisotopic (exact) mass is 363 g/mol. The molecule has 0 aliphatic rings. The number of oxime groups is 1. The molecule has 0 saturated carbocycles. The molecule has 1 aromatic heterocycles. The quantitative estimate of drug-likeness (QED) is 0.369. The van der Waals surface area contributed by atoms with Crippen LogP contribution in [0.4, 0.5) is 13.2 Å². The minimum atomic E-state index is -4.87. The average molecular weight is 364 g/mol. The van der Waals surface area contributed by atoms with Crippen LogP contribution >= 0.6 is 11.6 Å². The lowest BCUT2D eigenvalue weighted by Crippen LogP contribution is -2.35. The van der Waals surface area contributed by atoms with Crippen molar-refractivity contribution < 1.29 is 23.1 Å². The van der Waals surface area contributed by atoms with Crippen molar-refractivity contribution in [2.24, 2.45) is 5.16 Å². The van der Waals surface area contributed by atoms with Gasteiger partial charge in [0, 0.05) is 6.07 Å². The number of H-pyrrole nitrogens is 1. The average Bonchev–Trinajstić information content (AvgIpc) is 2.49. The maximum absolute atomic E-state index is 12.6. The number of nitrogens with zero attached hydrogens (tertiary/aromatic N) is 2. The Hall–Kier alpha value is -2.75. The number of methoxy groups -OCH3 is 1. The Morgan fingerprint density at radius 2 is 2.00 bits per heavy atom. The fourth-order valence-electron chi connectivity index (χ4n) is 1.91. The van der Waals surface area contributed by atoms with E-state index < -0.39 is 23.1 Å². The number of hydrogen-bond acceptors (Lipinski definition) is 5. The Balaban J connectivity index is 2.68. The Morgan fingerprint density at radius 3 is 2.50 bits per heavy atom. The Morgan fingerprint density at radius 1 is 1.33 bits per heavy atom. The molecule has 11 heteroatoms. The third kappa shape index (κ3) is 3.27. The van der Waals surface area contributed by atoms with Crippen LogP contribution in [0, 0.1) is 0 Å². The largest absolute Gasteiger partial charge is 0.478 e. The highest BCUT2D eigenvalue weighted by atomic mass is 35.5. The zero-order chi connectivity index (χ0) is 18.1. The number of nitrogens with one attached hydrogen (secondary N) is 1. The Labute approximate surface area is 136 Å². The molecule has 2 rings (SSSR count). The van der Waals surface area contributed by atoms with Gasteiger partial charge in [0.1, 0.15) is 5.69 Å². The van der Waals surface area contributed by atoms with Crippen LogP contribution in [0.25, 0.3) is 5.69 Å². The highest BCUT2D eigenvalue weighted by molar-refractivity contribution is 6.33. The van der Waals surface area contributed by atoms with Crippen LogP contribution in [0.3, 0.4) is 0 Å². The molecule has 0 unspecified atom stereocenters. The minimum Gasteiger partial charge on any atom is -0.478 e. The van der Waals surface area contributed by atoms with E-state index in [0.717, 1.165) is 6.07 Å². The number of ether oxygens (including phenoxy) is 1. The summed E-state index contributed by atoms with van der Waals surface area (Å²) in [6, 6.07) is 3.91. The Bertz CT molecular complexity index is 887. The van der Waals surface area contributed by atoms with E-state index in [2.05, 4.69) is 5.16 Å². The lowest BCUT2D eigenvalue weighted by Gasteiger charge is -2.11. The fraction of sp³-hybridized carbons (Fsp3) is 0.154. The van der Waals surface area contributed by atoms with Gasteiger partial charge in [-0.1, -0.05) is 11.6 Å². The van der Waals surface area contributed by atoms with E-state index >= 15 is 0 Å². The minimum absolute atomic E-state index is 0.0327. The van der Waals surface area contributed by atoms with Crippen molar-refractivity contribution in [1.29, 1.82) is 0 Å². The molecule has 0 aliphatic carbocycles. The molecule has 0 bridgehead atoms. The van der Waals surface area contributed by atoms with Crippen LogP contribution in [0.15, 0.2) is 39.0 Å². The predicted octanol–water partition coefficient (Wildman–Crippen LogP) is 1.98. The lowest BCUT2D eigenvalue weighted by molar-refractivity contribution is -0.141. The third-order valence-corrected chi connectivity index (χ3v) is 3.29. The van der Waals surface area contributed by atoms with Crippen LogP contribution in [0.1, 0.15) is 11.3 Å². The molecule has 0 radical (unpaired) electrons. The summed E-state index contributed by atoms with van der Waals surface area (Å²) in [6.07, 6.45) is -4.87. The summed E-state index contributed by atoms with van der Waals surface area (Å²) in [5, 5.41) is 11.8. The summed E-state index contributed by atoms with van der Waals surface area (Å²) >= 11 is 5.91. The van der Waals surface area contributed by atoms with Gasteiger partial charge < -0.3 is 14.9 Å². The molecule has 1 aromatic carbocycles. The number of benzene rings is 1. The van der Waals surface area contributed by atoms with E-state index in [4.69, 9.17) is 21.5 Å². The smallest absolute Gasteiger partial charge is 0.431 e. The Kier molecular flexibility index (Phi) is 4.69. The van der Waals surface area contributed by atoms with E-state index in [1.165, 1.54) is 19.2 Å². The topological polar surface area (TPSA) is 96.7 Å². The molecule has 0 amide bonds. The molecule has 0 aliphatic heterocycles. The van der Waals surface area contributed by atoms with Crippen molar-refractivity contribution in [2.45, 2.75) is 6.18 Å². The van der Waals surface area contributed by atoms with Crippen LogP contribution < -0.4 is 11.2 Å². The van der Waals surface area contributed by atoms with Gasteiger partial charge in [-0.05, 0) is 23.4 Å². The zero-order valence-corrected chi connectivity index (χ0v) is 12.6. The first kappa shape index (κ1) is 17.6. The molecule has 0 spiro atoms. The number of hydrogen-bond donors (Lipinski definition) is 2. The van der Waals surface area contributed by atoms with Crippen LogP contribution in [0.5, 0.6) is 0 Å². The summed E-state index contributed by atoms with van der Waals surface area (Å²) in [7, 11) is 1.19. The maximum atomic E-state index is 12.6. The molecule has 1 heterocycles. The van der Waals surface area contributed by atoms with Gasteiger partial charge in [0.05, 0.1) is 23.4 Å². The third-order valence-electron chi connectivity index (χ3n) is 2.96. The molecule has 128 valence electrons. The molecule has 7 nitrogen and oxygen atoms in total. The standard InChI is InChI=1S/C13H9ClF3N3O4/c1-24-11(19-23)7-4-6(2-3-8(7)14)20-10(21)5-9(13(15,16)17)18-12(20)22/h2-5,23H,1H3,(H,18,22). The van der Waals surface area contributed by atoms with Crippen molar-refractivity contribution in [3.63, 3.8) is 0 Å². The van der Waals surface area contributed by atoms with Gasteiger partial charge in [-0.3, -0.25) is 4.79 Å². The van der Waals surface area contributed by atoms with Crippen LogP contribution in [0.2, 0.25) is 5.02 Å². The number of rotatable bonds is 2. The van der Waals surface area contributed by atoms with Gasteiger partial charge in [-0.2, -0.15) is 13.2 Å². The van der Waals surface area contributed by atoms with Gasteiger partial charge in [-0.25, -0.2) is 9.36 Å². The number of aromatic amines is 1. The first-order valence-corrected chi connectivity index (χ1v) is 6.56. The molecule has 0 saturated heterocycles. The first-order chi connectivity index (χ1) is 11.2. The fourth-order valence-corrected chi connectivity index (χ4v) is 2.11. The summed E-state index contributed by atoms with van der Waals surface area (Å²) < 4.78 is 43.0. The summed E-state index contributed by atoms with van der Waals surface area (Å²) in [5.41, 5.74) is -4.00. The zero-order valence-electron chi connectivity index (χ0n) is 11.9. The summed E-state index contributed by atoms with van der Waals surface area (Å²) in [5.74, 6) is -0.307. The molecule has 2 N–H and O–H groups in total. The van der Waals surface area contributed by atoms with Crippen molar-refractivity contribution in [1.82, 2.24) is 9.55 Å². The van der Waals surface area contributed by atoms with Gasteiger partial charge in [0.2, 0.25) is 0 Å². The van der Waals surface area contributed by atoms with Crippen molar-refractivity contribution in [3.05, 3.63) is 61.4 Å².